The van der Waals surface area contributed by atoms with E-state index in [1.807, 2.05) is 54.8 Å². The van der Waals surface area contributed by atoms with Crippen molar-refractivity contribution in [2.45, 2.75) is 20.5 Å². The Morgan fingerprint density at radius 2 is 1.70 bits per heavy atom. The minimum Gasteiger partial charge on any atom is -0.497 e. The molecule has 4 rings (SSSR count). The number of ether oxygens (including phenoxy) is 2. The molecule has 0 aliphatic carbocycles. The van der Waals surface area contributed by atoms with E-state index in [0.29, 0.717) is 22.7 Å². The maximum absolute atomic E-state index is 13.8. The molecule has 0 radical (unpaired) electrons. The summed E-state index contributed by atoms with van der Waals surface area (Å²) in [7, 11) is 1.57. The van der Waals surface area contributed by atoms with Crippen molar-refractivity contribution in [3.8, 4) is 23.3 Å². The Labute approximate surface area is 215 Å². The molecule has 1 heterocycles. The van der Waals surface area contributed by atoms with Crippen molar-refractivity contribution in [1.29, 1.82) is 5.26 Å². The van der Waals surface area contributed by atoms with Crippen LogP contribution in [0.1, 0.15) is 22.5 Å². The van der Waals surface area contributed by atoms with Crippen LogP contribution in [0, 0.1) is 31.0 Å². The van der Waals surface area contributed by atoms with Crippen molar-refractivity contribution in [3.05, 3.63) is 113 Å². The second kappa shape index (κ2) is 11.3. The minimum atomic E-state index is -0.492. The van der Waals surface area contributed by atoms with Gasteiger partial charge in [0.2, 0.25) is 0 Å². The van der Waals surface area contributed by atoms with Gasteiger partial charge in [0.25, 0.3) is 5.91 Å². The van der Waals surface area contributed by atoms with E-state index in [-0.39, 0.29) is 18.0 Å². The van der Waals surface area contributed by atoms with E-state index in [9.17, 15) is 14.4 Å². The highest BCUT2D eigenvalue weighted by Gasteiger charge is 2.14. The lowest BCUT2D eigenvalue weighted by atomic mass is 10.1. The fraction of sp³-hybridized carbons (Fsp3) is 0.133. The number of methoxy groups -OCH3 is 1. The van der Waals surface area contributed by atoms with Gasteiger partial charge in [0.15, 0.2) is 0 Å². The summed E-state index contributed by atoms with van der Waals surface area (Å²) in [6, 6.07) is 24.8. The van der Waals surface area contributed by atoms with Crippen LogP contribution in [0.4, 0.5) is 10.1 Å². The van der Waals surface area contributed by atoms with E-state index >= 15 is 0 Å². The molecule has 0 fully saturated rings. The monoisotopic (exact) mass is 495 g/mol. The average molecular weight is 496 g/mol. The number of carbonyl (C=O) groups is 1. The van der Waals surface area contributed by atoms with Crippen LogP contribution in [-0.4, -0.2) is 17.6 Å². The lowest BCUT2D eigenvalue weighted by Gasteiger charge is -2.12. The summed E-state index contributed by atoms with van der Waals surface area (Å²) in [5.41, 5.74) is 4.53. The molecule has 0 unspecified atom stereocenters. The number of nitriles is 1. The number of amides is 1. The van der Waals surface area contributed by atoms with Gasteiger partial charge in [-0.2, -0.15) is 5.26 Å². The van der Waals surface area contributed by atoms with Crippen molar-refractivity contribution < 1.29 is 18.7 Å². The van der Waals surface area contributed by atoms with Crippen molar-refractivity contribution >= 4 is 17.7 Å². The highest BCUT2D eigenvalue weighted by molar-refractivity contribution is 6.09. The largest absolute Gasteiger partial charge is 0.497 e. The molecule has 186 valence electrons. The Bertz CT molecular complexity index is 1480. The maximum Gasteiger partial charge on any atom is 0.266 e. The second-order valence-electron chi connectivity index (χ2n) is 8.39. The van der Waals surface area contributed by atoms with Crippen LogP contribution in [0.15, 0.2) is 84.4 Å². The SMILES string of the molecule is COc1ccc(NC(=O)/C(C#N)=C\c2cc(C)n(-c3ccc(OCc4ccccc4F)cc3)c2C)cc1. The van der Waals surface area contributed by atoms with E-state index in [1.165, 1.54) is 6.07 Å². The Morgan fingerprint density at radius 3 is 2.35 bits per heavy atom. The fourth-order valence-corrected chi connectivity index (χ4v) is 3.98. The summed E-state index contributed by atoms with van der Waals surface area (Å²) in [6.07, 6.45) is 1.59. The highest BCUT2D eigenvalue weighted by atomic mass is 19.1. The van der Waals surface area contributed by atoms with Crippen LogP contribution >= 0.6 is 0 Å². The summed E-state index contributed by atoms with van der Waals surface area (Å²) >= 11 is 0. The smallest absolute Gasteiger partial charge is 0.266 e. The lowest BCUT2D eigenvalue weighted by Crippen LogP contribution is -2.13. The first-order valence-electron chi connectivity index (χ1n) is 11.6. The molecular weight excluding hydrogens is 469 g/mol. The Kier molecular flexibility index (Phi) is 7.70. The van der Waals surface area contributed by atoms with Crippen LogP contribution in [-0.2, 0) is 11.4 Å². The lowest BCUT2D eigenvalue weighted by molar-refractivity contribution is -0.112. The molecule has 0 atom stereocenters. The van der Waals surface area contributed by atoms with E-state index in [1.54, 1.807) is 55.7 Å². The Hall–Kier alpha value is -4.83. The molecule has 0 bridgehead atoms. The zero-order valence-corrected chi connectivity index (χ0v) is 20.8. The number of hydrogen-bond acceptors (Lipinski definition) is 4. The van der Waals surface area contributed by atoms with Gasteiger partial charge in [-0.05, 0) is 86.2 Å². The number of hydrogen-bond donors (Lipinski definition) is 1. The Balaban J connectivity index is 1.50. The van der Waals surface area contributed by atoms with Crippen LogP contribution < -0.4 is 14.8 Å². The molecule has 1 amide bonds. The number of anilines is 1. The van der Waals surface area contributed by atoms with Crippen LogP contribution in [0.25, 0.3) is 11.8 Å². The minimum absolute atomic E-state index is 0.00652. The zero-order valence-electron chi connectivity index (χ0n) is 20.8. The third-order valence-corrected chi connectivity index (χ3v) is 5.93. The molecule has 37 heavy (non-hydrogen) atoms. The van der Waals surface area contributed by atoms with Crippen molar-refractivity contribution in [2.24, 2.45) is 0 Å². The summed E-state index contributed by atoms with van der Waals surface area (Å²) < 4.78 is 26.7. The molecule has 7 heteroatoms. The quantitative estimate of drug-likeness (QED) is 0.228. The second-order valence-corrected chi connectivity index (χ2v) is 8.39. The number of halogens is 1. The van der Waals surface area contributed by atoms with Crippen LogP contribution in [0.2, 0.25) is 0 Å². The van der Waals surface area contributed by atoms with E-state index < -0.39 is 5.91 Å². The van der Waals surface area contributed by atoms with Gasteiger partial charge in [-0.3, -0.25) is 4.79 Å². The summed E-state index contributed by atoms with van der Waals surface area (Å²) in [5.74, 6) is 0.504. The van der Waals surface area contributed by atoms with Gasteiger partial charge in [0.05, 0.1) is 7.11 Å². The molecule has 0 aliphatic rings. The average Bonchev–Trinajstić information content (AvgIpc) is 3.19. The molecular formula is C30H26FN3O3. The molecule has 1 aromatic heterocycles. The van der Waals surface area contributed by atoms with Gasteiger partial charge in [-0.25, -0.2) is 4.39 Å². The number of rotatable bonds is 8. The molecule has 1 N–H and O–H groups in total. The predicted molar refractivity (Wildman–Crippen MR) is 141 cm³/mol. The summed E-state index contributed by atoms with van der Waals surface area (Å²) in [4.78, 5) is 12.7. The molecule has 0 saturated carbocycles. The number of aromatic nitrogens is 1. The van der Waals surface area contributed by atoms with Crippen molar-refractivity contribution in [2.75, 3.05) is 12.4 Å². The molecule has 3 aromatic carbocycles. The van der Waals surface area contributed by atoms with E-state index in [4.69, 9.17) is 9.47 Å². The highest BCUT2D eigenvalue weighted by Crippen LogP contribution is 2.25. The first-order valence-corrected chi connectivity index (χ1v) is 11.6. The molecule has 0 spiro atoms. The van der Waals surface area contributed by atoms with Crippen molar-refractivity contribution in [1.82, 2.24) is 4.57 Å². The third-order valence-electron chi connectivity index (χ3n) is 5.93. The third kappa shape index (κ3) is 5.88. The Morgan fingerprint density at radius 1 is 1.03 bits per heavy atom. The van der Waals surface area contributed by atoms with E-state index in [2.05, 4.69) is 5.32 Å². The molecule has 0 saturated heterocycles. The topological polar surface area (TPSA) is 76.3 Å². The molecule has 6 nitrogen and oxygen atoms in total. The molecule has 0 aliphatic heterocycles. The normalized spacial score (nSPS) is 11.1. The fourth-order valence-electron chi connectivity index (χ4n) is 3.98. The van der Waals surface area contributed by atoms with Crippen LogP contribution in [0.3, 0.4) is 0 Å². The van der Waals surface area contributed by atoms with Crippen molar-refractivity contribution in [3.63, 3.8) is 0 Å². The summed E-state index contributed by atoms with van der Waals surface area (Å²) in [5, 5.41) is 12.4. The van der Waals surface area contributed by atoms with E-state index in [0.717, 1.165) is 22.6 Å². The zero-order chi connectivity index (χ0) is 26.4. The van der Waals surface area contributed by atoms with Gasteiger partial charge in [0.1, 0.15) is 35.6 Å². The van der Waals surface area contributed by atoms with Gasteiger partial charge in [-0.1, -0.05) is 18.2 Å². The number of nitrogens with one attached hydrogen (secondary N) is 1. The van der Waals surface area contributed by atoms with Crippen LogP contribution in [0.5, 0.6) is 11.5 Å². The maximum atomic E-state index is 13.8. The molecule has 4 aromatic rings. The first-order chi connectivity index (χ1) is 17.9. The van der Waals surface area contributed by atoms with Gasteiger partial charge < -0.3 is 19.4 Å². The van der Waals surface area contributed by atoms with Gasteiger partial charge in [-0.15, -0.1) is 0 Å². The van der Waals surface area contributed by atoms with Gasteiger partial charge in [0, 0.05) is 28.3 Å². The first kappa shape index (κ1) is 25.3. The summed E-state index contributed by atoms with van der Waals surface area (Å²) in [6.45, 7) is 4.02. The number of nitrogens with zero attached hydrogens (tertiary/aromatic N) is 2. The number of aryl methyl sites for hydroxylation is 1. The standard InChI is InChI=1S/C30H26FN3O3/c1-20-16-23(17-24(18-32)30(35)33-25-8-12-27(36-3)13-9-25)21(2)34(20)26-10-14-28(15-11-26)37-19-22-6-4-5-7-29(22)31/h4-17H,19H2,1-3H3,(H,33,35)/b24-17-. The number of benzene rings is 3. The number of carbonyl (C=O) groups excluding carboxylic acids is 1. The van der Waals surface area contributed by atoms with Gasteiger partial charge >= 0.3 is 0 Å². The predicted octanol–water partition coefficient (Wildman–Crippen LogP) is 6.37.